The third-order valence-electron chi connectivity index (χ3n) is 1.63. The topological polar surface area (TPSA) is 43.1 Å². The quantitative estimate of drug-likeness (QED) is 0.568. The van der Waals surface area contributed by atoms with Crippen LogP contribution in [0.5, 0.6) is 0 Å². The molecule has 0 aliphatic carbocycles. The van der Waals surface area contributed by atoms with Crippen molar-refractivity contribution in [3.05, 3.63) is 29.6 Å². The van der Waals surface area contributed by atoms with Crippen molar-refractivity contribution in [2.75, 3.05) is 0 Å². The highest BCUT2D eigenvalue weighted by molar-refractivity contribution is 6.73. The SMILES string of the molecule is NC(=O)c1ccc(F)c([B-](F)(F)F)c1. The minimum Gasteiger partial charge on any atom is -0.445 e. The van der Waals surface area contributed by atoms with Crippen LogP contribution < -0.4 is 11.2 Å². The van der Waals surface area contributed by atoms with Crippen LogP contribution in [-0.2, 0) is 0 Å². The summed E-state index contributed by atoms with van der Waals surface area (Å²) in [6.07, 6.45) is 0. The van der Waals surface area contributed by atoms with Gasteiger partial charge in [-0.2, -0.15) is 0 Å². The molecule has 0 saturated carbocycles. The predicted octanol–water partition coefficient (Wildman–Crippen LogP) is 0.979. The summed E-state index contributed by atoms with van der Waals surface area (Å²) in [4.78, 5) is 10.5. The molecule has 0 aliphatic rings. The van der Waals surface area contributed by atoms with Gasteiger partial charge < -0.3 is 18.7 Å². The van der Waals surface area contributed by atoms with Crippen molar-refractivity contribution in [1.82, 2.24) is 0 Å². The third kappa shape index (κ3) is 2.04. The predicted molar refractivity (Wildman–Crippen MR) is 43.6 cm³/mol. The number of primary amides is 1. The Hall–Kier alpha value is -1.53. The van der Waals surface area contributed by atoms with Gasteiger partial charge in [-0.05, 0) is 12.1 Å². The van der Waals surface area contributed by atoms with Gasteiger partial charge in [-0.25, -0.2) is 4.39 Å². The van der Waals surface area contributed by atoms with Crippen molar-refractivity contribution in [1.29, 1.82) is 0 Å². The van der Waals surface area contributed by atoms with Crippen molar-refractivity contribution in [2.45, 2.75) is 0 Å². The van der Waals surface area contributed by atoms with Crippen LogP contribution in [0.3, 0.4) is 0 Å². The molecule has 7 heteroatoms. The van der Waals surface area contributed by atoms with Gasteiger partial charge in [0.2, 0.25) is 5.91 Å². The number of amides is 1. The monoisotopic (exact) mass is 206 g/mol. The minimum absolute atomic E-state index is 0.361. The first kappa shape index (κ1) is 10.6. The molecule has 2 N–H and O–H groups in total. The first-order valence-electron chi connectivity index (χ1n) is 3.61. The van der Waals surface area contributed by atoms with Gasteiger partial charge >= 0.3 is 6.98 Å². The van der Waals surface area contributed by atoms with Gasteiger partial charge in [-0.1, -0.05) is 11.5 Å². The van der Waals surface area contributed by atoms with E-state index in [0.717, 1.165) is 6.07 Å². The molecule has 76 valence electrons. The molecule has 0 unspecified atom stereocenters. The lowest BCUT2D eigenvalue weighted by Crippen LogP contribution is -2.37. The minimum atomic E-state index is -5.46. The second kappa shape index (κ2) is 3.32. The molecule has 14 heavy (non-hydrogen) atoms. The average molecular weight is 206 g/mol. The molecule has 0 fully saturated rings. The molecule has 1 rings (SSSR count). The smallest absolute Gasteiger partial charge is 0.445 e. The molecule has 0 atom stereocenters. The second-order valence-corrected chi connectivity index (χ2v) is 2.68. The first-order chi connectivity index (χ1) is 6.32. The molecule has 1 aromatic carbocycles. The van der Waals surface area contributed by atoms with E-state index in [4.69, 9.17) is 5.73 Å². The van der Waals surface area contributed by atoms with E-state index in [1.165, 1.54) is 0 Å². The van der Waals surface area contributed by atoms with Gasteiger partial charge in [-0.3, -0.25) is 4.79 Å². The fraction of sp³-hybridized carbons (Fsp3) is 0. The number of carbonyl (C=O) groups is 1. The molecule has 0 aromatic heterocycles. The summed E-state index contributed by atoms with van der Waals surface area (Å²) in [6, 6.07) is 1.89. The fourth-order valence-corrected chi connectivity index (χ4v) is 0.948. The van der Waals surface area contributed by atoms with Crippen LogP contribution in [-0.4, -0.2) is 12.9 Å². The Morgan fingerprint density at radius 2 is 1.86 bits per heavy atom. The maximum Gasteiger partial charge on any atom is 0.512 e. The average Bonchev–Trinajstić information content (AvgIpc) is 2.02. The normalized spacial score (nSPS) is 11.4. The van der Waals surface area contributed by atoms with Crippen LogP contribution >= 0.6 is 0 Å². The van der Waals surface area contributed by atoms with E-state index in [1.807, 2.05) is 0 Å². The molecule has 2 nitrogen and oxygen atoms in total. The molecule has 1 aromatic rings. The van der Waals surface area contributed by atoms with Crippen LogP contribution in [0.15, 0.2) is 18.2 Å². The molecule has 0 spiro atoms. The number of rotatable bonds is 2. The molecule has 0 radical (unpaired) electrons. The molecular weight excluding hydrogens is 201 g/mol. The van der Waals surface area contributed by atoms with Gasteiger partial charge in [0, 0.05) is 5.56 Å². The van der Waals surface area contributed by atoms with Crippen LogP contribution in [0.4, 0.5) is 17.3 Å². The fourth-order valence-electron chi connectivity index (χ4n) is 0.948. The van der Waals surface area contributed by atoms with E-state index in [1.54, 1.807) is 0 Å². The Bertz CT molecular complexity index is 376. The Morgan fingerprint density at radius 1 is 1.29 bits per heavy atom. The summed E-state index contributed by atoms with van der Waals surface area (Å²) in [5, 5.41) is 0. The number of nitrogens with two attached hydrogens (primary N) is 1. The molecule has 0 aliphatic heterocycles. The first-order valence-corrected chi connectivity index (χ1v) is 3.61. The summed E-state index contributed by atoms with van der Waals surface area (Å²) >= 11 is 0. The molecule has 1 amide bonds. The Kier molecular flexibility index (Phi) is 2.50. The van der Waals surface area contributed by atoms with Gasteiger partial charge in [0.1, 0.15) is 0 Å². The number of benzene rings is 1. The highest BCUT2D eigenvalue weighted by atomic mass is 19.4. The van der Waals surface area contributed by atoms with Crippen molar-refractivity contribution >= 4 is 18.3 Å². The zero-order chi connectivity index (χ0) is 10.9. The lowest BCUT2D eigenvalue weighted by molar-refractivity contribution is 0.100. The summed E-state index contributed by atoms with van der Waals surface area (Å²) < 4.78 is 49.2. The van der Waals surface area contributed by atoms with Crippen LogP contribution in [0.25, 0.3) is 0 Å². The van der Waals surface area contributed by atoms with Crippen molar-refractivity contribution < 1.29 is 22.1 Å². The Labute approximate surface area is 76.8 Å². The molecule has 0 saturated heterocycles. The van der Waals surface area contributed by atoms with E-state index >= 15 is 0 Å². The third-order valence-corrected chi connectivity index (χ3v) is 1.63. The van der Waals surface area contributed by atoms with E-state index in [9.17, 15) is 22.1 Å². The van der Waals surface area contributed by atoms with Crippen molar-refractivity contribution in [2.24, 2.45) is 5.73 Å². The number of hydrogen-bond acceptors (Lipinski definition) is 1. The maximum atomic E-state index is 12.7. The lowest BCUT2D eigenvalue weighted by Gasteiger charge is -2.16. The number of halogens is 4. The Morgan fingerprint density at radius 3 is 2.29 bits per heavy atom. The standard InChI is InChI=1S/C7H5BF4NO/c9-6-2-1-4(7(13)14)3-5(6)8(10,11)12/h1-3H,(H2,13,14)/q-1. The van der Waals surface area contributed by atoms with Gasteiger partial charge in [0.15, 0.2) is 0 Å². The largest absolute Gasteiger partial charge is 0.512 e. The number of carbonyl (C=O) groups excluding carboxylic acids is 1. The molecular formula is C7H5BF4NO-. The van der Waals surface area contributed by atoms with E-state index in [-0.39, 0.29) is 5.56 Å². The van der Waals surface area contributed by atoms with Gasteiger partial charge in [-0.15, -0.1) is 0 Å². The van der Waals surface area contributed by atoms with Crippen LogP contribution in [0.1, 0.15) is 10.4 Å². The van der Waals surface area contributed by atoms with Crippen molar-refractivity contribution in [3.8, 4) is 0 Å². The van der Waals surface area contributed by atoms with Gasteiger partial charge in [0.05, 0.1) is 5.82 Å². The Balaban J connectivity index is 3.29. The lowest BCUT2D eigenvalue weighted by atomic mass is 9.79. The van der Waals surface area contributed by atoms with Crippen LogP contribution in [0.2, 0.25) is 0 Å². The zero-order valence-corrected chi connectivity index (χ0v) is 6.81. The summed E-state index contributed by atoms with van der Waals surface area (Å²) in [5.41, 5.74) is 2.96. The van der Waals surface area contributed by atoms with E-state index in [2.05, 4.69) is 0 Å². The van der Waals surface area contributed by atoms with Crippen LogP contribution in [0, 0.1) is 5.82 Å². The summed E-state index contributed by atoms with van der Waals surface area (Å²) in [7, 11) is 0. The summed E-state index contributed by atoms with van der Waals surface area (Å²) in [5.74, 6) is -2.42. The van der Waals surface area contributed by atoms with E-state index < -0.39 is 24.2 Å². The van der Waals surface area contributed by atoms with Gasteiger partial charge in [0.25, 0.3) is 0 Å². The second-order valence-electron chi connectivity index (χ2n) is 2.68. The maximum absolute atomic E-state index is 12.7. The zero-order valence-electron chi connectivity index (χ0n) is 6.81. The molecule has 0 bridgehead atoms. The number of hydrogen-bond donors (Lipinski definition) is 1. The van der Waals surface area contributed by atoms with Crippen molar-refractivity contribution in [3.63, 3.8) is 0 Å². The summed E-state index contributed by atoms with van der Waals surface area (Å²) in [6.45, 7) is -5.46. The highest BCUT2D eigenvalue weighted by Crippen LogP contribution is 2.12. The van der Waals surface area contributed by atoms with E-state index in [0.29, 0.717) is 12.1 Å². The molecule has 0 heterocycles. The highest BCUT2D eigenvalue weighted by Gasteiger charge is 2.29.